The average Bonchev–Trinajstić information content (AvgIpc) is 2.72. The first kappa shape index (κ1) is 21.4. The maximum Gasteiger partial charge on any atom is 0.249 e. The normalized spacial score (nSPS) is 11.5. The second kappa shape index (κ2) is 10.4. The number of hydrogen-bond donors (Lipinski definition) is 1. The van der Waals surface area contributed by atoms with Crippen LogP contribution >= 0.6 is 0 Å². The Morgan fingerprint density at radius 1 is 0.893 bits per heavy atom. The van der Waals surface area contributed by atoms with E-state index in [0.717, 1.165) is 11.1 Å². The minimum atomic E-state index is -0.748. The molecule has 0 radical (unpaired) electrons. The fourth-order valence-corrected chi connectivity index (χ4v) is 3.13. The summed E-state index contributed by atoms with van der Waals surface area (Å²) in [5, 5.41) is 2.82. The number of benzene rings is 2. The maximum absolute atomic E-state index is 12.9. The number of nitrogens with one attached hydrogen (secondary N) is 1. The second-order valence-electron chi connectivity index (χ2n) is 6.66. The van der Waals surface area contributed by atoms with Crippen molar-refractivity contribution < 1.29 is 14.4 Å². The third-order valence-corrected chi connectivity index (χ3v) is 4.78. The summed E-state index contributed by atoms with van der Waals surface area (Å²) in [4.78, 5) is 39.5. The number of likely N-dealkylation sites (N-methyl/N-ethyl adjacent to an activating group) is 1. The number of nitrogens with zero attached hydrogens (tertiary/aromatic N) is 1. The molecule has 0 heterocycles. The van der Waals surface area contributed by atoms with Crippen LogP contribution in [0.1, 0.15) is 54.2 Å². The van der Waals surface area contributed by atoms with E-state index in [1.165, 1.54) is 0 Å². The molecule has 5 heteroatoms. The van der Waals surface area contributed by atoms with Crippen LogP contribution in [0.2, 0.25) is 0 Å². The molecular formula is C23H28N2O3. The SMILES string of the molecule is CCN(CC)C(=O)C(NC(=O)CCC(=O)c1ccccc1C)c1ccccc1. The van der Waals surface area contributed by atoms with Crippen molar-refractivity contribution in [1.82, 2.24) is 10.2 Å². The van der Waals surface area contributed by atoms with E-state index in [9.17, 15) is 14.4 Å². The molecule has 28 heavy (non-hydrogen) atoms. The Morgan fingerprint density at radius 3 is 2.11 bits per heavy atom. The summed E-state index contributed by atoms with van der Waals surface area (Å²) in [6.07, 6.45) is 0.152. The van der Waals surface area contributed by atoms with Crippen molar-refractivity contribution in [2.24, 2.45) is 0 Å². The summed E-state index contributed by atoms with van der Waals surface area (Å²) in [5.74, 6) is -0.523. The van der Waals surface area contributed by atoms with Gasteiger partial charge in [0.25, 0.3) is 0 Å². The van der Waals surface area contributed by atoms with Crippen molar-refractivity contribution in [2.45, 2.75) is 39.7 Å². The van der Waals surface area contributed by atoms with Crippen LogP contribution in [0.25, 0.3) is 0 Å². The Morgan fingerprint density at radius 2 is 1.50 bits per heavy atom. The molecule has 148 valence electrons. The lowest BCUT2D eigenvalue weighted by Crippen LogP contribution is -2.42. The molecule has 0 aromatic heterocycles. The van der Waals surface area contributed by atoms with Gasteiger partial charge in [0.1, 0.15) is 6.04 Å². The van der Waals surface area contributed by atoms with Crippen LogP contribution in [0.5, 0.6) is 0 Å². The predicted octanol–water partition coefficient (Wildman–Crippen LogP) is 3.68. The molecule has 2 aromatic rings. The number of carbonyl (C=O) groups is 3. The summed E-state index contributed by atoms with van der Waals surface area (Å²) in [5.41, 5.74) is 2.26. The number of hydrogen-bond acceptors (Lipinski definition) is 3. The standard InChI is InChI=1S/C23H28N2O3/c1-4-25(5-2)23(28)22(18-12-7-6-8-13-18)24-21(27)16-15-20(26)19-14-10-9-11-17(19)3/h6-14,22H,4-5,15-16H2,1-3H3,(H,24,27). The molecule has 1 atom stereocenters. The molecule has 5 nitrogen and oxygen atoms in total. The van der Waals surface area contributed by atoms with E-state index in [4.69, 9.17) is 0 Å². The van der Waals surface area contributed by atoms with E-state index in [-0.39, 0.29) is 30.4 Å². The van der Waals surface area contributed by atoms with E-state index in [1.54, 1.807) is 11.0 Å². The third-order valence-electron chi connectivity index (χ3n) is 4.78. The zero-order chi connectivity index (χ0) is 20.5. The van der Waals surface area contributed by atoms with Gasteiger partial charge >= 0.3 is 0 Å². The number of amides is 2. The minimum absolute atomic E-state index is 0.0437. The summed E-state index contributed by atoms with van der Waals surface area (Å²) in [6, 6.07) is 15.8. The molecule has 0 saturated heterocycles. The number of aryl methyl sites for hydroxylation is 1. The van der Waals surface area contributed by atoms with Crippen molar-refractivity contribution in [3.8, 4) is 0 Å². The first-order chi connectivity index (χ1) is 13.5. The van der Waals surface area contributed by atoms with Gasteiger partial charge in [0.2, 0.25) is 11.8 Å². The summed E-state index contributed by atoms with van der Waals surface area (Å²) in [6.45, 7) is 6.83. The fourth-order valence-electron chi connectivity index (χ4n) is 3.13. The van der Waals surface area contributed by atoms with Gasteiger partial charge < -0.3 is 10.2 Å². The van der Waals surface area contributed by atoms with Crippen LogP contribution < -0.4 is 5.32 Å². The van der Waals surface area contributed by atoms with Gasteiger partial charge in [-0.3, -0.25) is 14.4 Å². The number of Topliss-reactive ketones (excluding diaryl/α,β-unsaturated/α-hetero) is 1. The largest absolute Gasteiger partial charge is 0.341 e. The van der Waals surface area contributed by atoms with Crippen molar-refractivity contribution in [2.75, 3.05) is 13.1 Å². The van der Waals surface area contributed by atoms with E-state index in [2.05, 4.69) is 5.32 Å². The van der Waals surface area contributed by atoms with Gasteiger partial charge in [-0.25, -0.2) is 0 Å². The predicted molar refractivity (Wildman–Crippen MR) is 110 cm³/mol. The van der Waals surface area contributed by atoms with Gasteiger partial charge in [-0.2, -0.15) is 0 Å². The second-order valence-corrected chi connectivity index (χ2v) is 6.66. The van der Waals surface area contributed by atoms with Gasteiger partial charge in [0, 0.05) is 31.5 Å². The highest BCUT2D eigenvalue weighted by Crippen LogP contribution is 2.17. The van der Waals surface area contributed by atoms with Crippen LogP contribution in [0.15, 0.2) is 54.6 Å². The lowest BCUT2D eigenvalue weighted by Gasteiger charge is -2.26. The molecule has 0 aliphatic heterocycles. The first-order valence-corrected chi connectivity index (χ1v) is 9.69. The highest BCUT2D eigenvalue weighted by atomic mass is 16.2. The molecule has 0 saturated carbocycles. The zero-order valence-electron chi connectivity index (χ0n) is 16.8. The topological polar surface area (TPSA) is 66.5 Å². The summed E-state index contributed by atoms with van der Waals surface area (Å²) in [7, 11) is 0. The highest BCUT2D eigenvalue weighted by Gasteiger charge is 2.26. The van der Waals surface area contributed by atoms with Crippen LogP contribution in [-0.2, 0) is 9.59 Å². The molecule has 0 aliphatic rings. The van der Waals surface area contributed by atoms with Crippen LogP contribution in [0.4, 0.5) is 0 Å². The molecule has 0 fully saturated rings. The smallest absolute Gasteiger partial charge is 0.249 e. The van der Waals surface area contributed by atoms with Gasteiger partial charge in [-0.15, -0.1) is 0 Å². The Bertz CT molecular complexity index is 814. The molecule has 1 unspecified atom stereocenters. The van der Waals surface area contributed by atoms with Crippen LogP contribution in [0.3, 0.4) is 0 Å². The number of ketones is 1. The molecule has 1 N–H and O–H groups in total. The van der Waals surface area contributed by atoms with E-state index < -0.39 is 6.04 Å². The van der Waals surface area contributed by atoms with Crippen molar-refractivity contribution in [3.05, 3.63) is 71.3 Å². The monoisotopic (exact) mass is 380 g/mol. The average molecular weight is 380 g/mol. The molecule has 0 bridgehead atoms. The maximum atomic E-state index is 12.9. The van der Waals surface area contributed by atoms with Gasteiger partial charge in [0.05, 0.1) is 0 Å². The molecule has 0 spiro atoms. The Kier molecular flexibility index (Phi) is 7.93. The zero-order valence-corrected chi connectivity index (χ0v) is 16.8. The van der Waals surface area contributed by atoms with Crippen molar-refractivity contribution in [3.63, 3.8) is 0 Å². The van der Waals surface area contributed by atoms with Gasteiger partial charge in [0.15, 0.2) is 5.78 Å². The molecule has 0 aliphatic carbocycles. The first-order valence-electron chi connectivity index (χ1n) is 9.69. The molecular weight excluding hydrogens is 352 g/mol. The fraction of sp³-hybridized carbons (Fsp3) is 0.348. The highest BCUT2D eigenvalue weighted by molar-refractivity contribution is 5.99. The number of rotatable bonds is 9. The number of carbonyl (C=O) groups excluding carboxylic acids is 3. The Hall–Kier alpha value is -2.95. The lowest BCUT2D eigenvalue weighted by atomic mass is 10.0. The molecule has 2 aromatic carbocycles. The van der Waals surface area contributed by atoms with Crippen molar-refractivity contribution >= 4 is 17.6 Å². The summed E-state index contributed by atoms with van der Waals surface area (Å²) >= 11 is 0. The lowest BCUT2D eigenvalue weighted by molar-refractivity contribution is -0.136. The van der Waals surface area contributed by atoms with E-state index in [1.807, 2.05) is 69.3 Å². The van der Waals surface area contributed by atoms with Crippen molar-refractivity contribution in [1.29, 1.82) is 0 Å². The quantitative estimate of drug-likeness (QED) is 0.675. The minimum Gasteiger partial charge on any atom is -0.341 e. The molecule has 2 amide bonds. The third kappa shape index (κ3) is 5.52. The van der Waals surface area contributed by atoms with Gasteiger partial charge in [-0.05, 0) is 31.9 Å². The van der Waals surface area contributed by atoms with Gasteiger partial charge in [-0.1, -0.05) is 54.6 Å². The van der Waals surface area contributed by atoms with Crippen LogP contribution in [-0.4, -0.2) is 35.6 Å². The van der Waals surface area contributed by atoms with E-state index >= 15 is 0 Å². The summed E-state index contributed by atoms with van der Waals surface area (Å²) < 4.78 is 0. The van der Waals surface area contributed by atoms with Crippen LogP contribution in [0, 0.1) is 6.92 Å². The molecule has 2 rings (SSSR count). The Labute approximate surface area is 166 Å². The Balaban J connectivity index is 2.07. The van der Waals surface area contributed by atoms with E-state index in [0.29, 0.717) is 18.7 Å².